The van der Waals surface area contributed by atoms with Crippen LogP contribution in [0.5, 0.6) is 5.75 Å². The number of halogens is 2. The predicted molar refractivity (Wildman–Crippen MR) is 82.2 cm³/mol. The van der Waals surface area contributed by atoms with Gasteiger partial charge in [-0.1, -0.05) is 35.3 Å². The minimum absolute atomic E-state index is 0.0105. The lowest BCUT2D eigenvalue weighted by atomic mass is 10.2. The van der Waals surface area contributed by atoms with Crippen LogP contribution >= 0.6 is 23.2 Å². The second-order valence-electron chi connectivity index (χ2n) is 4.49. The number of aromatic nitrogens is 2. The third-order valence-corrected chi connectivity index (χ3v) is 2.93. The number of hydrogen-bond acceptors (Lipinski definition) is 4. The molecule has 0 aliphatic heterocycles. The quantitative estimate of drug-likeness (QED) is 0.927. The highest BCUT2D eigenvalue weighted by atomic mass is 35.5. The van der Waals surface area contributed by atoms with E-state index in [0.717, 1.165) is 0 Å². The topological polar surface area (TPSA) is 64.1 Å². The lowest BCUT2D eigenvalue weighted by Gasteiger charge is -2.14. The van der Waals surface area contributed by atoms with Gasteiger partial charge in [0.2, 0.25) is 0 Å². The Morgan fingerprint density at radius 1 is 1.24 bits per heavy atom. The minimum Gasteiger partial charge on any atom is -0.489 e. The first-order chi connectivity index (χ1) is 9.97. The van der Waals surface area contributed by atoms with Crippen molar-refractivity contribution in [3.05, 3.63) is 46.2 Å². The van der Waals surface area contributed by atoms with Gasteiger partial charge in [0.15, 0.2) is 10.3 Å². The van der Waals surface area contributed by atoms with Gasteiger partial charge >= 0.3 is 0 Å². The first-order valence-corrected chi connectivity index (χ1v) is 6.98. The first kappa shape index (κ1) is 15.5. The number of nitrogens with one attached hydrogen (secondary N) is 1. The molecule has 1 aromatic heterocycles. The summed E-state index contributed by atoms with van der Waals surface area (Å²) in [4.78, 5) is 12.2. The summed E-state index contributed by atoms with van der Waals surface area (Å²) in [6.45, 7) is 3.81. The van der Waals surface area contributed by atoms with Crippen molar-refractivity contribution in [3.8, 4) is 5.75 Å². The van der Waals surface area contributed by atoms with Crippen molar-refractivity contribution < 1.29 is 9.53 Å². The number of amides is 1. The molecular formula is C14H13Cl2N3O2. The molecule has 21 heavy (non-hydrogen) atoms. The fraction of sp³-hybridized carbons (Fsp3) is 0.214. The standard InChI is InChI=1S/C14H13Cl2N3O2/c1-8(2)21-11-6-4-3-5-10(11)17-14(20)9-7-12(15)18-19-13(9)16/h3-8H,1-2H3,(H,17,20). The number of carbonyl (C=O) groups is 1. The molecule has 1 amide bonds. The highest BCUT2D eigenvalue weighted by Crippen LogP contribution is 2.26. The van der Waals surface area contributed by atoms with Gasteiger partial charge < -0.3 is 10.1 Å². The molecule has 0 bridgehead atoms. The third-order valence-electron chi connectivity index (χ3n) is 2.46. The van der Waals surface area contributed by atoms with Crippen LogP contribution in [0.2, 0.25) is 10.3 Å². The molecule has 0 saturated heterocycles. The van der Waals surface area contributed by atoms with E-state index in [1.54, 1.807) is 18.2 Å². The van der Waals surface area contributed by atoms with E-state index in [9.17, 15) is 4.79 Å². The molecule has 5 nitrogen and oxygen atoms in total. The normalized spacial score (nSPS) is 10.5. The van der Waals surface area contributed by atoms with Gasteiger partial charge in [0, 0.05) is 0 Å². The molecule has 7 heteroatoms. The van der Waals surface area contributed by atoms with Crippen molar-refractivity contribution in [3.63, 3.8) is 0 Å². The van der Waals surface area contributed by atoms with Gasteiger partial charge in [0.25, 0.3) is 5.91 Å². The van der Waals surface area contributed by atoms with E-state index in [-0.39, 0.29) is 22.0 Å². The van der Waals surface area contributed by atoms with Gasteiger partial charge in [-0.05, 0) is 32.0 Å². The third kappa shape index (κ3) is 4.06. The SMILES string of the molecule is CC(C)Oc1ccccc1NC(=O)c1cc(Cl)nnc1Cl. The Morgan fingerprint density at radius 2 is 1.95 bits per heavy atom. The van der Waals surface area contributed by atoms with Crippen LogP contribution in [0.25, 0.3) is 0 Å². The van der Waals surface area contributed by atoms with Crippen LogP contribution in [0.1, 0.15) is 24.2 Å². The molecule has 0 fully saturated rings. The van der Waals surface area contributed by atoms with Gasteiger partial charge in [-0.2, -0.15) is 0 Å². The average Bonchev–Trinajstić information content (AvgIpc) is 2.43. The number of carbonyl (C=O) groups excluding carboxylic acids is 1. The highest BCUT2D eigenvalue weighted by Gasteiger charge is 2.15. The van der Waals surface area contributed by atoms with E-state index < -0.39 is 5.91 Å². The lowest BCUT2D eigenvalue weighted by molar-refractivity contribution is 0.102. The van der Waals surface area contributed by atoms with Crippen molar-refractivity contribution in [2.24, 2.45) is 0 Å². The zero-order chi connectivity index (χ0) is 15.4. The molecule has 0 radical (unpaired) electrons. The van der Waals surface area contributed by atoms with Crippen molar-refractivity contribution in [1.82, 2.24) is 10.2 Å². The Morgan fingerprint density at radius 3 is 2.67 bits per heavy atom. The lowest BCUT2D eigenvalue weighted by Crippen LogP contribution is -2.15. The summed E-state index contributed by atoms with van der Waals surface area (Å²) in [5.74, 6) is 0.140. The molecular weight excluding hydrogens is 313 g/mol. The summed E-state index contributed by atoms with van der Waals surface area (Å²) in [6.07, 6.45) is -0.0105. The fourth-order valence-corrected chi connectivity index (χ4v) is 1.95. The van der Waals surface area contributed by atoms with Gasteiger partial charge in [-0.15, -0.1) is 10.2 Å². The molecule has 1 aromatic carbocycles. The second kappa shape index (κ2) is 6.74. The van der Waals surface area contributed by atoms with E-state index in [1.807, 2.05) is 19.9 Å². The molecule has 2 aromatic rings. The number of para-hydroxylation sites is 2. The van der Waals surface area contributed by atoms with Crippen molar-refractivity contribution in [2.75, 3.05) is 5.32 Å². The van der Waals surface area contributed by atoms with Crippen LogP contribution < -0.4 is 10.1 Å². The van der Waals surface area contributed by atoms with Crippen LogP contribution in [-0.4, -0.2) is 22.2 Å². The van der Waals surface area contributed by atoms with Crippen LogP contribution in [0.4, 0.5) is 5.69 Å². The monoisotopic (exact) mass is 325 g/mol. The second-order valence-corrected chi connectivity index (χ2v) is 5.23. The highest BCUT2D eigenvalue weighted by molar-refractivity contribution is 6.34. The van der Waals surface area contributed by atoms with E-state index in [1.165, 1.54) is 6.07 Å². The summed E-state index contributed by atoms with van der Waals surface area (Å²) >= 11 is 11.6. The molecule has 0 unspecified atom stereocenters. The zero-order valence-corrected chi connectivity index (χ0v) is 12.9. The smallest absolute Gasteiger partial charge is 0.259 e. The number of nitrogens with zero attached hydrogens (tertiary/aromatic N) is 2. The maximum absolute atomic E-state index is 12.2. The van der Waals surface area contributed by atoms with Crippen LogP contribution in [0.15, 0.2) is 30.3 Å². The molecule has 2 rings (SSSR count). The Labute approximate surface area is 132 Å². The largest absolute Gasteiger partial charge is 0.489 e. The number of hydrogen-bond donors (Lipinski definition) is 1. The summed E-state index contributed by atoms with van der Waals surface area (Å²) in [7, 11) is 0. The molecule has 0 aliphatic rings. The van der Waals surface area contributed by atoms with Crippen molar-refractivity contribution in [1.29, 1.82) is 0 Å². The van der Waals surface area contributed by atoms with Crippen LogP contribution in [0.3, 0.4) is 0 Å². The summed E-state index contributed by atoms with van der Waals surface area (Å²) in [5, 5.41) is 9.97. The predicted octanol–water partition coefficient (Wildman–Crippen LogP) is 3.82. The van der Waals surface area contributed by atoms with Gasteiger partial charge in [0.05, 0.1) is 17.4 Å². The molecule has 1 N–H and O–H groups in total. The Kier molecular flexibility index (Phi) is 4.98. The summed E-state index contributed by atoms with van der Waals surface area (Å²) < 4.78 is 5.63. The number of benzene rings is 1. The zero-order valence-electron chi connectivity index (χ0n) is 11.4. The maximum Gasteiger partial charge on any atom is 0.259 e. The van der Waals surface area contributed by atoms with Gasteiger partial charge in [-0.25, -0.2) is 0 Å². The van der Waals surface area contributed by atoms with Crippen molar-refractivity contribution in [2.45, 2.75) is 20.0 Å². The number of ether oxygens (including phenoxy) is 1. The van der Waals surface area contributed by atoms with E-state index >= 15 is 0 Å². The Bertz CT molecular complexity index is 662. The molecule has 110 valence electrons. The van der Waals surface area contributed by atoms with Gasteiger partial charge in [-0.3, -0.25) is 4.79 Å². The average molecular weight is 326 g/mol. The Balaban J connectivity index is 2.25. The van der Waals surface area contributed by atoms with Crippen LogP contribution in [0, 0.1) is 0 Å². The first-order valence-electron chi connectivity index (χ1n) is 6.23. The minimum atomic E-state index is -0.434. The molecule has 0 saturated carbocycles. The van der Waals surface area contributed by atoms with Gasteiger partial charge in [0.1, 0.15) is 5.75 Å². The maximum atomic E-state index is 12.2. The molecule has 1 heterocycles. The van der Waals surface area contributed by atoms with E-state index in [2.05, 4.69) is 15.5 Å². The number of anilines is 1. The molecule has 0 spiro atoms. The summed E-state index contributed by atoms with van der Waals surface area (Å²) in [5.41, 5.74) is 0.691. The van der Waals surface area contributed by atoms with E-state index in [0.29, 0.717) is 11.4 Å². The molecule has 0 atom stereocenters. The van der Waals surface area contributed by atoms with E-state index in [4.69, 9.17) is 27.9 Å². The Hall–Kier alpha value is -1.85. The van der Waals surface area contributed by atoms with Crippen molar-refractivity contribution >= 4 is 34.8 Å². The van der Waals surface area contributed by atoms with Crippen LogP contribution in [-0.2, 0) is 0 Å². The summed E-state index contributed by atoms with van der Waals surface area (Å²) in [6, 6.07) is 8.49. The number of rotatable bonds is 4. The fourth-order valence-electron chi connectivity index (χ4n) is 1.63. The molecule has 0 aliphatic carbocycles.